The van der Waals surface area contributed by atoms with Gasteiger partial charge in [-0.3, -0.25) is 4.79 Å². The highest BCUT2D eigenvalue weighted by atomic mass is 16.5. The summed E-state index contributed by atoms with van der Waals surface area (Å²) in [6, 6.07) is 23.7. The van der Waals surface area contributed by atoms with Gasteiger partial charge in [0.15, 0.2) is 0 Å². The smallest absolute Gasteiger partial charge is 0.336 e. The van der Waals surface area contributed by atoms with Gasteiger partial charge in [-0.15, -0.1) is 0 Å². The molecule has 0 N–H and O–H groups in total. The summed E-state index contributed by atoms with van der Waals surface area (Å²) in [7, 11) is 0. The topological polar surface area (TPSA) is 73.6 Å². The van der Waals surface area contributed by atoms with Crippen LogP contribution in [0.2, 0.25) is 0 Å². The van der Waals surface area contributed by atoms with Crippen molar-refractivity contribution in [3.8, 4) is 5.75 Å². The zero-order valence-electron chi connectivity index (χ0n) is 17.5. The number of carbonyl (C=O) groups is 1. The average Bonchev–Trinajstić information content (AvgIpc) is 2.83. The lowest BCUT2D eigenvalue weighted by molar-refractivity contribution is -0.128. The number of aryl methyl sites for hydroxylation is 1. The largest absolute Gasteiger partial charge is 0.423 e. The van der Waals surface area contributed by atoms with E-state index in [0.717, 1.165) is 5.56 Å². The molecule has 0 bridgehead atoms. The number of benzene rings is 3. The van der Waals surface area contributed by atoms with Crippen LogP contribution in [0, 0.1) is 0 Å². The van der Waals surface area contributed by atoms with E-state index in [9.17, 15) is 9.59 Å². The van der Waals surface area contributed by atoms with Crippen LogP contribution < -0.4 is 10.3 Å². The number of carbonyl (C=O) groups excluding carboxylic acids is 1. The van der Waals surface area contributed by atoms with Crippen LogP contribution in [0.15, 0.2) is 94.8 Å². The second kappa shape index (κ2) is 9.66. The van der Waals surface area contributed by atoms with Crippen molar-refractivity contribution in [1.82, 2.24) is 9.66 Å². The average molecular weight is 423 g/mol. The minimum atomic E-state index is -0.506. The van der Waals surface area contributed by atoms with E-state index in [0.29, 0.717) is 34.5 Å². The summed E-state index contributed by atoms with van der Waals surface area (Å²) in [6.07, 6.45) is 5.10. The second-order valence-corrected chi connectivity index (χ2v) is 6.96. The van der Waals surface area contributed by atoms with Crippen molar-refractivity contribution in [3.63, 3.8) is 0 Å². The van der Waals surface area contributed by atoms with Crippen molar-refractivity contribution in [1.29, 1.82) is 0 Å². The first-order valence-electron chi connectivity index (χ1n) is 10.2. The van der Waals surface area contributed by atoms with Gasteiger partial charge in [0.2, 0.25) is 0 Å². The van der Waals surface area contributed by atoms with Gasteiger partial charge in [-0.25, -0.2) is 9.78 Å². The highest BCUT2D eigenvalue weighted by Crippen LogP contribution is 2.17. The van der Waals surface area contributed by atoms with E-state index >= 15 is 0 Å². The van der Waals surface area contributed by atoms with Gasteiger partial charge in [-0.05, 0) is 35.9 Å². The fourth-order valence-corrected chi connectivity index (χ4v) is 3.19. The van der Waals surface area contributed by atoms with Gasteiger partial charge < -0.3 is 4.74 Å². The van der Waals surface area contributed by atoms with Gasteiger partial charge in [0.1, 0.15) is 11.6 Å². The van der Waals surface area contributed by atoms with Crippen LogP contribution in [0.4, 0.5) is 0 Å². The van der Waals surface area contributed by atoms with Crippen molar-refractivity contribution in [2.45, 2.75) is 13.3 Å². The molecule has 1 aromatic heterocycles. The number of rotatable bonds is 6. The Bertz CT molecular complexity index is 1370. The standard InChI is InChI=1S/C26H21N3O3/c1-2-24-28-22-14-8-7-13-21(22)26(31)29(24)27-18-20-12-6-9-15-23(20)32-25(30)17-16-19-10-4-3-5-11-19/h3-18H,2H2,1H3/b17-16+,27-18?. The molecule has 0 spiro atoms. The molecule has 0 aliphatic carbocycles. The van der Waals surface area contributed by atoms with E-state index in [1.54, 1.807) is 42.5 Å². The molecule has 32 heavy (non-hydrogen) atoms. The first-order chi connectivity index (χ1) is 15.7. The summed E-state index contributed by atoms with van der Waals surface area (Å²) >= 11 is 0. The Morgan fingerprint density at radius 2 is 1.72 bits per heavy atom. The number of para-hydroxylation sites is 2. The summed E-state index contributed by atoms with van der Waals surface area (Å²) in [5.74, 6) is 0.387. The predicted molar refractivity (Wildman–Crippen MR) is 126 cm³/mol. The monoisotopic (exact) mass is 423 g/mol. The van der Waals surface area contributed by atoms with Gasteiger partial charge in [0, 0.05) is 18.1 Å². The molecule has 158 valence electrons. The number of ether oxygens (including phenoxy) is 1. The Hall–Kier alpha value is -4.32. The summed E-state index contributed by atoms with van der Waals surface area (Å²) < 4.78 is 6.78. The zero-order valence-corrected chi connectivity index (χ0v) is 17.5. The van der Waals surface area contributed by atoms with Crippen molar-refractivity contribution in [2.75, 3.05) is 0 Å². The molecule has 6 heteroatoms. The van der Waals surface area contributed by atoms with Crippen LogP contribution in [-0.2, 0) is 11.2 Å². The first kappa shape index (κ1) is 20.9. The number of nitrogens with zero attached hydrogens (tertiary/aromatic N) is 3. The Labute approximate surface area is 185 Å². The third kappa shape index (κ3) is 4.70. The SMILES string of the molecule is CCc1nc2ccccc2c(=O)n1N=Cc1ccccc1OC(=O)/C=C/c1ccccc1. The van der Waals surface area contributed by atoms with Crippen molar-refractivity contribution in [3.05, 3.63) is 112 Å². The van der Waals surface area contributed by atoms with Gasteiger partial charge >= 0.3 is 5.97 Å². The number of aromatic nitrogens is 2. The summed E-state index contributed by atoms with van der Waals surface area (Å²) in [6.45, 7) is 1.91. The minimum absolute atomic E-state index is 0.246. The number of hydrogen-bond acceptors (Lipinski definition) is 5. The molecule has 0 radical (unpaired) electrons. The lowest BCUT2D eigenvalue weighted by Crippen LogP contribution is -2.22. The molecular weight excluding hydrogens is 402 g/mol. The normalized spacial score (nSPS) is 11.4. The molecule has 4 rings (SSSR count). The van der Waals surface area contributed by atoms with Crippen LogP contribution in [0.25, 0.3) is 17.0 Å². The summed E-state index contributed by atoms with van der Waals surface area (Å²) in [5, 5.41) is 4.86. The van der Waals surface area contributed by atoms with Gasteiger partial charge in [0.25, 0.3) is 5.56 Å². The van der Waals surface area contributed by atoms with Crippen LogP contribution >= 0.6 is 0 Å². The van der Waals surface area contributed by atoms with Crippen LogP contribution in [0.5, 0.6) is 5.75 Å². The van der Waals surface area contributed by atoms with Crippen molar-refractivity contribution in [2.24, 2.45) is 5.10 Å². The third-order valence-corrected chi connectivity index (χ3v) is 4.79. The lowest BCUT2D eigenvalue weighted by Gasteiger charge is -2.08. The van der Waals surface area contributed by atoms with E-state index in [1.807, 2.05) is 49.4 Å². The fourth-order valence-electron chi connectivity index (χ4n) is 3.19. The Kier molecular flexibility index (Phi) is 6.32. The molecule has 1 heterocycles. The Morgan fingerprint density at radius 1 is 1.00 bits per heavy atom. The Balaban J connectivity index is 1.61. The fraction of sp³-hybridized carbons (Fsp3) is 0.0769. The molecule has 6 nitrogen and oxygen atoms in total. The van der Waals surface area contributed by atoms with E-state index in [4.69, 9.17) is 4.74 Å². The number of fused-ring (bicyclic) bond motifs is 1. The highest BCUT2D eigenvalue weighted by Gasteiger charge is 2.10. The molecule has 0 unspecified atom stereocenters. The van der Waals surface area contributed by atoms with Gasteiger partial charge in [-0.1, -0.05) is 61.5 Å². The molecule has 4 aromatic rings. The minimum Gasteiger partial charge on any atom is -0.423 e. The molecule has 0 saturated carbocycles. The molecule has 0 atom stereocenters. The first-order valence-corrected chi connectivity index (χ1v) is 10.2. The maximum absolute atomic E-state index is 12.9. The quantitative estimate of drug-likeness (QED) is 0.199. The van der Waals surface area contributed by atoms with Crippen LogP contribution in [-0.4, -0.2) is 21.8 Å². The molecule has 0 aliphatic heterocycles. The van der Waals surface area contributed by atoms with Gasteiger partial charge in [-0.2, -0.15) is 9.78 Å². The van der Waals surface area contributed by atoms with Gasteiger partial charge in [0.05, 0.1) is 17.1 Å². The molecule has 0 saturated heterocycles. The van der Waals surface area contributed by atoms with Crippen molar-refractivity contribution < 1.29 is 9.53 Å². The van der Waals surface area contributed by atoms with E-state index in [-0.39, 0.29) is 5.56 Å². The zero-order chi connectivity index (χ0) is 22.3. The molecular formula is C26H21N3O3. The maximum atomic E-state index is 12.9. The summed E-state index contributed by atoms with van der Waals surface area (Å²) in [4.78, 5) is 29.8. The predicted octanol–water partition coefficient (Wildman–Crippen LogP) is 4.46. The lowest BCUT2D eigenvalue weighted by atomic mass is 10.2. The van der Waals surface area contributed by atoms with Crippen molar-refractivity contribution >= 4 is 29.2 Å². The third-order valence-electron chi connectivity index (χ3n) is 4.79. The number of esters is 1. The van der Waals surface area contributed by atoms with Crippen LogP contribution in [0.3, 0.4) is 0 Å². The Morgan fingerprint density at radius 3 is 2.53 bits per heavy atom. The van der Waals surface area contributed by atoms with E-state index in [1.165, 1.54) is 17.0 Å². The highest BCUT2D eigenvalue weighted by molar-refractivity contribution is 5.91. The van der Waals surface area contributed by atoms with Crippen LogP contribution in [0.1, 0.15) is 23.9 Å². The summed E-state index contributed by atoms with van der Waals surface area (Å²) in [5.41, 5.74) is 1.86. The maximum Gasteiger partial charge on any atom is 0.336 e. The van der Waals surface area contributed by atoms with E-state index in [2.05, 4.69) is 10.1 Å². The molecule has 3 aromatic carbocycles. The number of hydrogen-bond donors (Lipinski definition) is 0. The second-order valence-electron chi connectivity index (χ2n) is 6.96. The molecule has 0 aliphatic rings. The molecule has 0 amide bonds. The molecule has 0 fully saturated rings. The van der Waals surface area contributed by atoms with E-state index < -0.39 is 5.97 Å².